The van der Waals surface area contributed by atoms with Gasteiger partial charge in [-0.1, -0.05) is 0 Å². The van der Waals surface area contributed by atoms with Crippen molar-refractivity contribution in [3.8, 4) is 0 Å². The molecule has 0 bridgehead atoms. The van der Waals surface area contributed by atoms with Crippen LogP contribution in [0.15, 0.2) is 23.6 Å². The summed E-state index contributed by atoms with van der Waals surface area (Å²) in [5.74, 6) is -0.0456. The summed E-state index contributed by atoms with van der Waals surface area (Å²) in [6.45, 7) is 4.00. The van der Waals surface area contributed by atoms with Gasteiger partial charge in [-0.05, 0) is 32.0 Å². The molecule has 1 heterocycles. The van der Waals surface area contributed by atoms with Crippen molar-refractivity contribution in [3.05, 3.63) is 39.8 Å². The number of nitrogen functional groups attached to an aromatic ring is 1. The van der Waals surface area contributed by atoms with Gasteiger partial charge in [0.25, 0.3) is 5.91 Å². The minimum absolute atomic E-state index is 0.0377. The summed E-state index contributed by atoms with van der Waals surface area (Å²) in [7, 11) is 3.46. The second-order valence-electron chi connectivity index (χ2n) is 5.19. The van der Waals surface area contributed by atoms with Gasteiger partial charge in [0.15, 0.2) is 0 Å². The second kappa shape index (κ2) is 6.13. The Labute approximate surface area is 128 Å². The van der Waals surface area contributed by atoms with Crippen molar-refractivity contribution in [3.63, 3.8) is 0 Å². The topological polar surface area (TPSA) is 71.2 Å². The van der Waals surface area contributed by atoms with Crippen LogP contribution in [0.1, 0.15) is 34.0 Å². The molecule has 2 rings (SSSR count). The molecular weight excluding hydrogens is 284 g/mol. The number of nitrogens with two attached hydrogens (primary N) is 1. The first-order chi connectivity index (χ1) is 9.88. The van der Waals surface area contributed by atoms with E-state index in [1.165, 1.54) is 0 Å². The van der Waals surface area contributed by atoms with E-state index < -0.39 is 0 Å². The van der Waals surface area contributed by atoms with Crippen LogP contribution in [0.3, 0.4) is 0 Å². The SMILES string of the molecule is Cc1csc(C(C)Nc2cc(C(=O)N(C)C)ccc2N)n1. The Balaban J connectivity index is 2.23. The highest BCUT2D eigenvalue weighted by Gasteiger charge is 2.14. The van der Waals surface area contributed by atoms with E-state index in [0.717, 1.165) is 16.4 Å². The van der Waals surface area contributed by atoms with Crippen molar-refractivity contribution in [2.45, 2.75) is 19.9 Å². The van der Waals surface area contributed by atoms with Gasteiger partial charge >= 0.3 is 0 Å². The van der Waals surface area contributed by atoms with Gasteiger partial charge in [-0.25, -0.2) is 4.98 Å². The number of thiazole rings is 1. The quantitative estimate of drug-likeness (QED) is 0.852. The number of carbonyl (C=O) groups is 1. The molecule has 0 saturated heterocycles. The molecule has 2 aromatic rings. The van der Waals surface area contributed by atoms with E-state index in [1.54, 1.807) is 48.5 Å². The molecule has 21 heavy (non-hydrogen) atoms. The van der Waals surface area contributed by atoms with E-state index in [2.05, 4.69) is 10.3 Å². The molecule has 0 radical (unpaired) electrons. The maximum atomic E-state index is 12.0. The molecule has 0 saturated carbocycles. The van der Waals surface area contributed by atoms with Crippen LogP contribution in [0, 0.1) is 6.92 Å². The molecule has 0 aliphatic rings. The molecule has 0 fully saturated rings. The first-order valence-corrected chi connectivity index (χ1v) is 7.56. The van der Waals surface area contributed by atoms with E-state index in [9.17, 15) is 4.79 Å². The largest absolute Gasteiger partial charge is 0.397 e. The number of benzene rings is 1. The smallest absolute Gasteiger partial charge is 0.253 e. The molecule has 0 aliphatic heterocycles. The minimum Gasteiger partial charge on any atom is -0.397 e. The van der Waals surface area contributed by atoms with Gasteiger partial charge in [-0.15, -0.1) is 11.3 Å². The van der Waals surface area contributed by atoms with Crippen LogP contribution in [0.5, 0.6) is 0 Å². The Morgan fingerprint density at radius 1 is 1.43 bits per heavy atom. The van der Waals surface area contributed by atoms with Crippen molar-refractivity contribution < 1.29 is 4.79 Å². The lowest BCUT2D eigenvalue weighted by molar-refractivity contribution is 0.0827. The number of rotatable bonds is 4. The summed E-state index contributed by atoms with van der Waals surface area (Å²) in [5.41, 5.74) is 8.98. The molecule has 6 heteroatoms. The highest BCUT2D eigenvalue weighted by Crippen LogP contribution is 2.27. The fourth-order valence-electron chi connectivity index (χ4n) is 1.94. The van der Waals surface area contributed by atoms with E-state index in [4.69, 9.17) is 5.73 Å². The molecule has 1 aromatic carbocycles. The summed E-state index contributed by atoms with van der Waals surface area (Å²) < 4.78 is 0. The van der Waals surface area contributed by atoms with Crippen molar-refractivity contribution in [2.75, 3.05) is 25.1 Å². The first-order valence-electron chi connectivity index (χ1n) is 6.68. The van der Waals surface area contributed by atoms with Gasteiger partial charge in [-0.3, -0.25) is 4.79 Å². The average Bonchev–Trinajstić information content (AvgIpc) is 2.87. The van der Waals surface area contributed by atoms with Crippen LogP contribution in [0.25, 0.3) is 0 Å². The summed E-state index contributed by atoms with van der Waals surface area (Å²) >= 11 is 1.61. The molecule has 1 aromatic heterocycles. The molecule has 1 atom stereocenters. The highest BCUT2D eigenvalue weighted by atomic mass is 32.1. The molecule has 3 N–H and O–H groups in total. The Kier molecular flexibility index (Phi) is 4.47. The Morgan fingerprint density at radius 3 is 2.71 bits per heavy atom. The summed E-state index contributed by atoms with van der Waals surface area (Å²) in [4.78, 5) is 18.0. The number of aromatic nitrogens is 1. The van der Waals surface area contributed by atoms with Crippen LogP contribution in [0.2, 0.25) is 0 Å². The molecule has 0 aliphatic carbocycles. The lowest BCUT2D eigenvalue weighted by Gasteiger charge is -2.17. The highest BCUT2D eigenvalue weighted by molar-refractivity contribution is 7.09. The molecule has 0 spiro atoms. The maximum Gasteiger partial charge on any atom is 0.253 e. The molecular formula is C15H20N4OS. The van der Waals surface area contributed by atoms with Crippen molar-refractivity contribution in [2.24, 2.45) is 0 Å². The zero-order valence-corrected chi connectivity index (χ0v) is 13.5. The number of aryl methyl sites for hydroxylation is 1. The van der Waals surface area contributed by atoms with Crippen LogP contribution in [0.4, 0.5) is 11.4 Å². The number of nitrogens with one attached hydrogen (secondary N) is 1. The van der Waals surface area contributed by atoms with Crippen LogP contribution in [-0.2, 0) is 0 Å². The Morgan fingerprint density at radius 2 is 2.14 bits per heavy atom. The fourth-order valence-corrected chi connectivity index (χ4v) is 2.74. The van der Waals surface area contributed by atoms with Gasteiger partial charge in [0.1, 0.15) is 5.01 Å². The number of anilines is 2. The van der Waals surface area contributed by atoms with Gasteiger partial charge in [0.05, 0.1) is 17.4 Å². The van der Waals surface area contributed by atoms with Crippen molar-refractivity contribution in [1.29, 1.82) is 0 Å². The first kappa shape index (κ1) is 15.3. The third kappa shape index (κ3) is 3.52. The van der Waals surface area contributed by atoms with Crippen LogP contribution >= 0.6 is 11.3 Å². The average molecular weight is 304 g/mol. The summed E-state index contributed by atoms with van der Waals surface area (Å²) in [6.07, 6.45) is 0. The van der Waals surface area contributed by atoms with Crippen molar-refractivity contribution >= 4 is 28.6 Å². The molecule has 1 unspecified atom stereocenters. The summed E-state index contributed by atoms with van der Waals surface area (Å²) in [6, 6.07) is 5.31. The Bertz CT molecular complexity index is 651. The van der Waals surface area contributed by atoms with Gasteiger partial charge < -0.3 is 16.0 Å². The van der Waals surface area contributed by atoms with E-state index in [-0.39, 0.29) is 11.9 Å². The predicted octanol–water partition coefficient (Wildman–Crippen LogP) is 2.91. The van der Waals surface area contributed by atoms with E-state index in [0.29, 0.717) is 11.3 Å². The summed E-state index contributed by atoms with van der Waals surface area (Å²) in [5, 5.41) is 6.34. The number of hydrogen-bond acceptors (Lipinski definition) is 5. The minimum atomic E-state index is -0.0456. The van der Waals surface area contributed by atoms with E-state index >= 15 is 0 Å². The third-order valence-electron chi connectivity index (χ3n) is 3.09. The maximum absolute atomic E-state index is 12.0. The Hall–Kier alpha value is -2.08. The van der Waals surface area contributed by atoms with E-state index in [1.807, 2.05) is 19.2 Å². The third-order valence-corrected chi connectivity index (χ3v) is 4.23. The number of nitrogens with zero attached hydrogens (tertiary/aromatic N) is 2. The van der Waals surface area contributed by atoms with Crippen LogP contribution in [-0.4, -0.2) is 29.9 Å². The number of hydrogen-bond donors (Lipinski definition) is 2. The fraction of sp³-hybridized carbons (Fsp3) is 0.333. The lowest BCUT2D eigenvalue weighted by atomic mass is 10.1. The number of amides is 1. The zero-order valence-electron chi connectivity index (χ0n) is 12.7. The van der Waals surface area contributed by atoms with Gasteiger partial charge in [0.2, 0.25) is 0 Å². The second-order valence-corrected chi connectivity index (χ2v) is 6.08. The molecule has 5 nitrogen and oxygen atoms in total. The normalized spacial score (nSPS) is 12.0. The van der Waals surface area contributed by atoms with Crippen LogP contribution < -0.4 is 11.1 Å². The molecule has 1 amide bonds. The predicted molar refractivity (Wildman–Crippen MR) is 87.8 cm³/mol. The van der Waals surface area contributed by atoms with Gasteiger partial charge in [0, 0.05) is 30.7 Å². The zero-order chi connectivity index (χ0) is 15.6. The number of carbonyl (C=O) groups excluding carboxylic acids is 1. The monoisotopic (exact) mass is 304 g/mol. The van der Waals surface area contributed by atoms with Gasteiger partial charge in [-0.2, -0.15) is 0 Å². The lowest BCUT2D eigenvalue weighted by Crippen LogP contribution is -2.22. The standard InChI is InChI=1S/C15H20N4OS/c1-9-8-21-14(17-9)10(2)18-13-7-11(5-6-12(13)16)15(20)19(3)4/h5-8,10,18H,16H2,1-4H3. The van der Waals surface area contributed by atoms with Crippen molar-refractivity contribution in [1.82, 2.24) is 9.88 Å². The molecule has 112 valence electrons.